The number of thiophene rings is 1. The molecule has 102 valence electrons. The Balaban J connectivity index is 2.27. The largest absolute Gasteiger partial charge is 0.294 e. The third-order valence-corrected chi connectivity index (χ3v) is 5.30. The summed E-state index contributed by atoms with van der Waals surface area (Å²) in [5.41, 5.74) is 1.44. The fourth-order valence-electron chi connectivity index (χ4n) is 2.57. The molecule has 6 heteroatoms. The van der Waals surface area contributed by atoms with Crippen molar-refractivity contribution in [2.45, 2.75) is 37.8 Å². The second-order valence-corrected chi connectivity index (χ2v) is 6.57. The first kappa shape index (κ1) is 13.1. The van der Waals surface area contributed by atoms with Gasteiger partial charge in [0.1, 0.15) is 4.83 Å². The molecular formula is C13H18N4S2. The van der Waals surface area contributed by atoms with Crippen LogP contribution in [-0.4, -0.2) is 22.8 Å². The molecule has 0 radical (unpaired) electrons. The van der Waals surface area contributed by atoms with Crippen molar-refractivity contribution in [3.63, 3.8) is 0 Å². The summed E-state index contributed by atoms with van der Waals surface area (Å²) in [5.74, 6) is 7.01. The third kappa shape index (κ3) is 2.22. The summed E-state index contributed by atoms with van der Waals surface area (Å²) < 4.78 is 0. The molecule has 0 spiro atoms. The SMILES string of the molecule is CCN(N)c1nc(SC)nc2sc3c(c12)CCCC3. The summed E-state index contributed by atoms with van der Waals surface area (Å²) in [6.45, 7) is 2.80. The molecule has 0 atom stereocenters. The zero-order chi connectivity index (χ0) is 13.4. The lowest BCUT2D eigenvalue weighted by molar-refractivity contribution is 0.699. The van der Waals surface area contributed by atoms with E-state index in [9.17, 15) is 0 Å². The number of nitrogens with two attached hydrogens (primary N) is 1. The molecule has 3 rings (SSSR count). The van der Waals surface area contributed by atoms with E-state index in [-0.39, 0.29) is 0 Å². The van der Waals surface area contributed by atoms with Crippen LogP contribution >= 0.6 is 23.1 Å². The molecule has 0 unspecified atom stereocenters. The van der Waals surface area contributed by atoms with Crippen molar-refractivity contribution in [1.82, 2.24) is 9.97 Å². The Kier molecular flexibility index (Phi) is 3.64. The van der Waals surface area contributed by atoms with Gasteiger partial charge in [0.15, 0.2) is 11.0 Å². The van der Waals surface area contributed by atoms with Gasteiger partial charge in [0.25, 0.3) is 0 Å². The monoisotopic (exact) mass is 294 g/mol. The number of hydrogen-bond donors (Lipinski definition) is 1. The highest BCUT2D eigenvalue weighted by atomic mass is 32.2. The maximum absolute atomic E-state index is 6.11. The average molecular weight is 294 g/mol. The Morgan fingerprint density at radius 3 is 2.84 bits per heavy atom. The number of fused-ring (bicyclic) bond motifs is 3. The number of anilines is 1. The van der Waals surface area contributed by atoms with Crippen molar-refractivity contribution in [2.75, 3.05) is 17.8 Å². The first-order valence-corrected chi connectivity index (χ1v) is 8.67. The number of hydrogen-bond acceptors (Lipinski definition) is 6. The lowest BCUT2D eigenvalue weighted by atomic mass is 9.97. The molecule has 2 heterocycles. The third-order valence-electron chi connectivity index (χ3n) is 3.57. The van der Waals surface area contributed by atoms with Crippen molar-refractivity contribution in [2.24, 2.45) is 5.84 Å². The van der Waals surface area contributed by atoms with Gasteiger partial charge in [-0.05, 0) is 44.4 Å². The lowest BCUT2D eigenvalue weighted by Gasteiger charge is -2.18. The molecule has 1 aliphatic carbocycles. The molecule has 0 bridgehead atoms. The zero-order valence-electron chi connectivity index (χ0n) is 11.3. The summed E-state index contributed by atoms with van der Waals surface area (Å²) in [6.07, 6.45) is 6.88. The van der Waals surface area contributed by atoms with Gasteiger partial charge in [-0.3, -0.25) is 5.01 Å². The molecule has 1 aliphatic rings. The smallest absolute Gasteiger partial charge is 0.190 e. The molecule has 0 aromatic carbocycles. The van der Waals surface area contributed by atoms with Gasteiger partial charge in [0.2, 0.25) is 0 Å². The van der Waals surface area contributed by atoms with Crippen molar-refractivity contribution in [3.8, 4) is 0 Å². The standard InChI is InChI=1S/C13H18N4S2/c1-3-17(14)11-10-8-6-4-5-7-9(8)19-12(10)16-13(15-11)18-2/h3-7,14H2,1-2H3. The van der Waals surface area contributed by atoms with Crippen LogP contribution in [0.3, 0.4) is 0 Å². The van der Waals surface area contributed by atoms with E-state index in [4.69, 9.17) is 5.84 Å². The predicted octanol–water partition coefficient (Wildman–Crippen LogP) is 2.99. The summed E-state index contributed by atoms with van der Waals surface area (Å²) in [6, 6.07) is 0. The maximum Gasteiger partial charge on any atom is 0.190 e. The van der Waals surface area contributed by atoms with Gasteiger partial charge in [-0.25, -0.2) is 15.8 Å². The van der Waals surface area contributed by atoms with Crippen LogP contribution in [0.2, 0.25) is 0 Å². The van der Waals surface area contributed by atoms with Crippen LogP contribution in [-0.2, 0) is 12.8 Å². The minimum atomic E-state index is 0.755. The molecule has 4 nitrogen and oxygen atoms in total. The number of aromatic nitrogens is 2. The highest BCUT2D eigenvalue weighted by Gasteiger charge is 2.22. The van der Waals surface area contributed by atoms with E-state index in [1.165, 1.54) is 35.1 Å². The lowest BCUT2D eigenvalue weighted by Crippen LogP contribution is -2.31. The molecule has 0 saturated carbocycles. The summed E-state index contributed by atoms with van der Waals surface area (Å²) in [7, 11) is 0. The minimum Gasteiger partial charge on any atom is -0.294 e. The highest BCUT2D eigenvalue weighted by molar-refractivity contribution is 7.98. The quantitative estimate of drug-likeness (QED) is 0.408. The van der Waals surface area contributed by atoms with Crippen molar-refractivity contribution >= 4 is 39.1 Å². The molecule has 2 aromatic heterocycles. The molecule has 0 amide bonds. The highest BCUT2D eigenvalue weighted by Crippen LogP contribution is 2.39. The van der Waals surface area contributed by atoms with E-state index < -0.39 is 0 Å². The van der Waals surface area contributed by atoms with Crippen molar-refractivity contribution in [1.29, 1.82) is 0 Å². The molecule has 0 aliphatic heterocycles. The van der Waals surface area contributed by atoms with Crippen LogP contribution in [0.25, 0.3) is 10.2 Å². The number of nitrogens with zero attached hydrogens (tertiary/aromatic N) is 3. The van der Waals surface area contributed by atoms with Crippen LogP contribution in [0.1, 0.15) is 30.2 Å². The van der Waals surface area contributed by atoms with Crippen LogP contribution < -0.4 is 10.9 Å². The molecule has 19 heavy (non-hydrogen) atoms. The van der Waals surface area contributed by atoms with E-state index in [0.717, 1.165) is 28.8 Å². The van der Waals surface area contributed by atoms with Crippen LogP contribution in [0.4, 0.5) is 5.82 Å². The number of thioether (sulfide) groups is 1. The molecular weight excluding hydrogens is 276 g/mol. The normalized spacial score (nSPS) is 14.7. The van der Waals surface area contributed by atoms with Gasteiger partial charge in [-0.15, -0.1) is 11.3 Å². The van der Waals surface area contributed by atoms with Gasteiger partial charge in [0.05, 0.1) is 5.39 Å². The molecule has 0 saturated heterocycles. The van der Waals surface area contributed by atoms with Gasteiger partial charge >= 0.3 is 0 Å². The Morgan fingerprint density at radius 2 is 2.11 bits per heavy atom. The molecule has 0 fully saturated rings. The fraction of sp³-hybridized carbons (Fsp3) is 0.538. The summed E-state index contributed by atoms with van der Waals surface area (Å²) in [5, 5.41) is 3.75. The Bertz CT molecular complexity index is 608. The van der Waals surface area contributed by atoms with Crippen LogP contribution in [0, 0.1) is 0 Å². The number of hydrazine groups is 1. The van der Waals surface area contributed by atoms with E-state index >= 15 is 0 Å². The van der Waals surface area contributed by atoms with Crippen LogP contribution in [0.15, 0.2) is 5.16 Å². The average Bonchev–Trinajstić information content (AvgIpc) is 2.83. The van der Waals surface area contributed by atoms with E-state index in [0.29, 0.717) is 0 Å². The molecule has 2 aromatic rings. The second-order valence-electron chi connectivity index (χ2n) is 4.71. The van der Waals surface area contributed by atoms with E-state index in [2.05, 4.69) is 9.97 Å². The first-order chi connectivity index (χ1) is 9.24. The van der Waals surface area contributed by atoms with E-state index in [1.54, 1.807) is 16.8 Å². The first-order valence-electron chi connectivity index (χ1n) is 6.63. The Hall–Kier alpha value is -0.850. The van der Waals surface area contributed by atoms with Gasteiger partial charge in [-0.1, -0.05) is 11.8 Å². The molecule has 2 N–H and O–H groups in total. The van der Waals surface area contributed by atoms with Crippen molar-refractivity contribution in [3.05, 3.63) is 10.4 Å². The van der Waals surface area contributed by atoms with Crippen LogP contribution in [0.5, 0.6) is 0 Å². The van der Waals surface area contributed by atoms with Gasteiger partial charge < -0.3 is 0 Å². The summed E-state index contributed by atoms with van der Waals surface area (Å²) in [4.78, 5) is 11.9. The van der Waals surface area contributed by atoms with Crippen molar-refractivity contribution < 1.29 is 0 Å². The zero-order valence-corrected chi connectivity index (χ0v) is 12.9. The topological polar surface area (TPSA) is 55.0 Å². The Labute approximate surface area is 121 Å². The van der Waals surface area contributed by atoms with Gasteiger partial charge in [0, 0.05) is 11.4 Å². The minimum absolute atomic E-state index is 0.755. The van der Waals surface area contributed by atoms with Gasteiger partial charge in [-0.2, -0.15) is 0 Å². The van der Waals surface area contributed by atoms with E-state index in [1.807, 2.05) is 24.5 Å². The summed E-state index contributed by atoms with van der Waals surface area (Å²) >= 11 is 3.40. The Morgan fingerprint density at radius 1 is 1.32 bits per heavy atom. The number of aryl methyl sites for hydroxylation is 2. The fourth-order valence-corrected chi connectivity index (χ4v) is 4.24. The number of rotatable bonds is 3. The predicted molar refractivity (Wildman–Crippen MR) is 83.0 cm³/mol. The second kappa shape index (κ2) is 5.26. The maximum atomic E-state index is 6.11.